The van der Waals surface area contributed by atoms with Gasteiger partial charge in [0.2, 0.25) is 0 Å². The summed E-state index contributed by atoms with van der Waals surface area (Å²) in [5, 5.41) is 0. The molecule has 4 amide bonds. The monoisotopic (exact) mass is 367 g/mol. The molecule has 0 saturated carbocycles. The Labute approximate surface area is 162 Å². The largest absolute Gasteiger partial charge is 0.339 e. The molecule has 28 heavy (non-hydrogen) atoms. The van der Waals surface area contributed by atoms with Gasteiger partial charge in [0.15, 0.2) is 0 Å². The first-order valence-corrected chi connectivity index (χ1v) is 9.08. The van der Waals surface area contributed by atoms with Crippen molar-refractivity contribution in [2.45, 2.75) is 6.17 Å². The first-order chi connectivity index (χ1) is 13.8. The Kier molecular flexibility index (Phi) is 3.72. The van der Waals surface area contributed by atoms with Gasteiger partial charge < -0.3 is 0 Å². The van der Waals surface area contributed by atoms with Gasteiger partial charge >= 0.3 is 12.1 Å². The molecule has 0 aromatic heterocycles. The minimum absolute atomic E-state index is 0.362. The predicted molar refractivity (Wildman–Crippen MR) is 109 cm³/mol. The lowest BCUT2D eigenvalue weighted by Gasteiger charge is -2.47. The lowest BCUT2D eigenvalue weighted by Crippen LogP contribution is -2.62. The maximum atomic E-state index is 13.6. The summed E-state index contributed by atoms with van der Waals surface area (Å²) in [5.74, 6) is 0. The molecular weight excluding hydrogens is 350 g/mol. The van der Waals surface area contributed by atoms with E-state index in [1.807, 2.05) is 78.9 Å². The van der Waals surface area contributed by atoms with Crippen LogP contribution in [-0.2, 0) is 0 Å². The number of anilines is 2. The van der Waals surface area contributed by atoms with Crippen molar-refractivity contribution in [2.24, 2.45) is 0 Å². The van der Waals surface area contributed by atoms with Crippen LogP contribution in [0.2, 0.25) is 0 Å². The smallest absolute Gasteiger partial charge is 0.274 e. The number of urea groups is 2. The topological polar surface area (TPSA) is 43.9 Å². The molecule has 0 radical (unpaired) electrons. The van der Waals surface area contributed by atoms with Gasteiger partial charge in [0.05, 0.1) is 5.69 Å². The van der Waals surface area contributed by atoms with Crippen LogP contribution in [0.1, 0.15) is 17.3 Å². The Hall–Kier alpha value is -3.86. The van der Waals surface area contributed by atoms with Gasteiger partial charge in [0.25, 0.3) is 0 Å². The molecule has 3 aromatic rings. The Morgan fingerprint density at radius 1 is 0.643 bits per heavy atom. The van der Waals surface area contributed by atoms with E-state index >= 15 is 0 Å². The molecule has 0 N–H and O–H groups in total. The van der Waals surface area contributed by atoms with E-state index < -0.39 is 6.17 Å². The molecule has 0 bridgehead atoms. The lowest BCUT2D eigenvalue weighted by molar-refractivity contribution is 0.189. The van der Waals surface area contributed by atoms with E-state index in [2.05, 4.69) is 0 Å². The second-order valence-electron chi connectivity index (χ2n) is 6.67. The Morgan fingerprint density at radius 3 is 1.96 bits per heavy atom. The number of amides is 4. The highest BCUT2D eigenvalue weighted by atomic mass is 16.2. The minimum Gasteiger partial charge on any atom is -0.274 e. The number of carbonyl (C=O) groups excluding carboxylic acids is 2. The molecule has 0 aliphatic carbocycles. The number of hydrogen-bond acceptors (Lipinski definition) is 2. The van der Waals surface area contributed by atoms with Crippen LogP contribution in [0.25, 0.3) is 6.08 Å². The molecule has 1 fully saturated rings. The number of benzene rings is 3. The second-order valence-corrected chi connectivity index (χ2v) is 6.67. The van der Waals surface area contributed by atoms with E-state index in [1.165, 1.54) is 4.90 Å². The molecule has 0 spiro atoms. The number of imide groups is 1. The SMILES string of the molecule is O=C1N(c2ccccc2)C(=O)N(c2ccccc2)C2c3ccccc3C=CN12. The van der Waals surface area contributed by atoms with Gasteiger partial charge in [-0.1, -0.05) is 60.7 Å². The van der Waals surface area contributed by atoms with Crippen molar-refractivity contribution in [3.63, 3.8) is 0 Å². The van der Waals surface area contributed by atoms with Crippen molar-refractivity contribution in [1.29, 1.82) is 0 Å². The molecule has 2 heterocycles. The van der Waals surface area contributed by atoms with Gasteiger partial charge in [0, 0.05) is 17.5 Å². The van der Waals surface area contributed by atoms with Crippen molar-refractivity contribution in [1.82, 2.24) is 4.90 Å². The summed E-state index contributed by atoms with van der Waals surface area (Å²) in [4.78, 5) is 31.4. The Morgan fingerprint density at radius 2 is 1.25 bits per heavy atom. The predicted octanol–water partition coefficient (Wildman–Crippen LogP) is 5.24. The van der Waals surface area contributed by atoms with E-state index in [0.29, 0.717) is 5.69 Å². The zero-order chi connectivity index (χ0) is 19.1. The third kappa shape index (κ3) is 2.41. The normalized spacial score (nSPS) is 18.1. The number of carbonyl (C=O) groups is 2. The van der Waals surface area contributed by atoms with Crippen LogP contribution in [0.3, 0.4) is 0 Å². The quantitative estimate of drug-likeness (QED) is 0.622. The van der Waals surface area contributed by atoms with Gasteiger partial charge in [-0.3, -0.25) is 9.80 Å². The third-order valence-electron chi connectivity index (χ3n) is 5.06. The van der Waals surface area contributed by atoms with E-state index in [0.717, 1.165) is 16.8 Å². The van der Waals surface area contributed by atoms with E-state index in [9.17, 15) is 9.59 Å². The zero-order valence-corrected chi connectivity index (χ0v) is 15.0. The molecular formula is C23H17N3O2. The van der Waals surface area contributed by atoms with Gasteiger partial charge in [0.1, 0.15) is 6.17 Å². The summed E-state index contributed by atoms with van der Waals surface area (Å²) in [5.41, 5.74) is 3.20. The number of hydrogen-bond donors (Lipinski definition) is 0. The van der Waals surface area contributed by atoms with Crippen LogP contribution in [0.15, 0.2) is 91.1 Å². The van der Waals surface area contributed by atoms with Gasteiger partial charge in [-0.2, -0.15) is 0 Å². The van der Waals surface area contributed by atoms with E-state index in [4.69, 9.17) is 0 Å². The van der Waals surface area contributed by atoms with E-state index in [1.54, 1.807) is 28.1 Å². The average molecular weight is 367 g/mol. The number of rotatable bonds is 2. The molecule has 1 saturated heterocycles. The standard InChI is InChI=1S/C23H17N3O2/c27-22-24-16-15-17-9-7-8-14-20(17)21(24)25(18-10-3-1-4-11-18)23(28)26(22)19-12-5-2-6-13-19/h1-16,21H. The van der Waals surface area contributed by atoms with Gasteiger partial charge in [-0.25, -0.2) is 14.5 Å². The molecule has 2 aliphatic heterocycles. The van der Waals surface area contributed by atoms with Crippen LogP contribution >= 0.6 is 0 Å². The number of para-hydroxylation sites is 2. The summed E-state index contributed by atoms with van der Waals surface area (Å²) in [6.45, 7) is 0. The second kappa shape index (κ2) is 6.39. The van der Waals surface area contributed by atoms with Gasteiger partial charge in [-0.05, 0) is 35.9 Å². The number of nitrogens with zero attached hydrogens (tertiary/aromatic N) is 3. The third-order valence-corrected chi connectivity index (χ3v) is 5.06. The van der Waals surface area contributed by atoms with Crippen LogP contribution < -0.4 is 9.80 Å². The Bertz CT molecular complexity index is 1080. The van der Waals surface area contributed by atoms with Crippen molar-refractivity contribution >= 4 is 29.5 Å². The highest BCUT2D eigenvalue weighted by molar-refractivity contribution is 6.21. The molecule has 1 atom stereocenters. The van der Waals surface area contributed by atoms with Crippen molar-refractivity contribution in [3.8, 4) is 0 Å². The van der Waals surface area contributed by atoms with Crippen LogP contribution in [0.5, 0.6) is 0 Å². The fraction of sp³-hybridized carbons (Fsp3) is 0.0435. The molecule has 5 rings (SSSR count). The molecule has 1 unspecified atom stereocenters. The summed E-state index contributed by atoms with van der Waals surface area (Å²) >= 11 is 0. The molecule has 5 heteroatoms. The summed E-state index contributed by atoms with van der Waals surface area (Å²) in [6.07, 6.45) is 3.14. The maximum Gasteiger partial charge on any atom is 0.339 e. The summed E-state index contributed by atoms with van der Waals surface area (Å²) < 4.78 is 0. The maximum absolute atomic E-state index is 13.6. The first-order valence-electron chi connectivity index (χ1n) is 9.08. The van der Waals surface area contributed by atoms with Crippen molar-refractivity contribution < 1.29 is 9.59 Å². The van der Waals surface area contributed by atoms with Crippen LogP contribution in [0, 0.1) is 0 Å². The highest BCUT2D eigenvalue weighted by Gasteiger charge is 2.47. The fourth-order valence-electron chi connectivity index (χ4n) is 3.77. The summed E-state index contributed by atoms with van der Waals surface area (Å²) in [6, 6.07) is 25.6. The van der Waals surface area contributed by atoms with Crippen molar-refractivity contribution in [3.05, 3.63) is 102 Å². The molecule has 3 aromatic carbocycles. The van der Waals surface area contributed by atoms with Crippen molar-refractivity contribution in [2.75, 3.05) is 9.80 Å². The first kappa shape index (κ1) is 16.3. The van der Waals surface area contributed by atoms with E-state index in [-0.39, 0.29) is 12.1 Å². The van der Waals surface area contributed by atoms with Gasteiger partial charge in [-0.15, -0.1) is 0 Å². The van der Waals surface area contributed by atoms with Crippen LogP contribution in [-0.4, -0.2) is 17.0 Å². The zero-order valence-electron chi connectivity index (χ0n) is 15.0. The average Bonchev–Trinajstić information content (AvgIpc) is 2.75. The van der Waals surface area contributed by atoms with Crippen LogP contribution in [0.4, 0.5) is 21.0 Å². The lowest BCUT2D eigenvalue weighted by atomic mass is 9.99. The molecule has 2 aliphatic rings. The summed E-state index contributed by atoms with van der Waals surface area (Å²) in [7, 11) is 0. The Balaban J connectivity index is 1.71. The highest BCUT2D eigenvalue weighted by Crippen LogP contribution is 2.41. The number of fused-ring (bicyclic) bond motifs is 3. The molecule has 136 valence electrons. The minimum atomic E-state index is -0.524. The fourth-order valence-corrected chi connectivity index (χ4v) is 3.77. The molecule has 5 nitrogen and oxygen atoms in total.